The second-order valence-electron chi connectivity index (χ2n) is 4.58. The van der Waals surface area contributed by atoms with Crippen molar-refractivity contribution in [3.05, 3.63) is 68.1 Å². The summed E-state index contributed by atoms with van der Waals surface area (Å²) in [5.74, 6) is -0.490. The Hall–Kier alpha value is -2.96. The summed E-state index contributed by atoms with van der Waals surface area (Å²) in [4.78, 5) is 33.8. The van der Waals surface area contributed by atoms with Gasteiger partial charge in [0.15, 0.2) is 0 Å². The van der Waals surface area contributed by atoms with E-state index in [0.717, 1.165) is 0 Å². The molecule has 1 amide bonds. The van der Waals surface area contributed by atoms with Gasteiger partial charge >= 0.3 is 0 Å². The molecule has 7 heteroatoms. The molecule has 1 heterocycles. The van der Waals surface area contributed by atoms with Crippen molar-refractivity contribution in [3.63, 3.8) is 0 Å². The fraction of sp³-hybridized carbons (Fsp3) is 0.143. The lowest BCUT2D eigenvalue weighted by molar-refractivity contribution is -0.384. The summed E-state index contributed by atoms with van der Waals surface area (Å²) in [6.45, 7) is 1.73. The highest BCUT2D eigenvalue weighted by atomic mass is 16.6. The minimum atomic E-state index is -0.534. The van der Waals surface area contributed by atoms with Crippen molar-refractivity contribution >= 4 is 17.3 Å². The van der Waals surface area contributed by atoms with E-state index in [1.165, 1.54) is 35.0 Å². The molecule has 0 atom stereocenters. The molecule has 0 saturated heterocycles. The van der Waals surface area contributed by atoms with E-state index >= 15 is 0 Å². The van der Waals surface area contributed by atoms with Gasteiger partial charge in [-0.25, -0.2) is 0 Å². The Morgan fingerprint density at radius 3 is 2.62 bits per heavy atom. The van der Waals surface area contributed by atoms with Crippen LogP contribution in [0, 0.1) is 17.0 Å². The molecule has 2 aromatic rings. The topological polar surface area (TPSA) is 94.2 Å². The molecule has 108 valence electrons. The summed E-state index contributed by atoms with van der Waals surface area (Å²) in [7, 11) is 1.58. The first kappa shape index (κ1) is 14.4. The predicted octanol–water partition coefficient (Wildman–Crippen LogP) is 1.85. The van der Waals surface area contributed by atoms with Gasteiger partial charge in [0, 0.05) is 37.0 Å². The average molecular weight is 287 g/mol. The van der Waals surface area contributed by atoms with E-state index in [2.05, 4.69) is 5.32 Å². The molecule has 0 unspecified atom stereocenters. The number of rotatable bonds is 3. The summed E-state index contributed by atoms with van der Waals surface area (Å²) in [5.41, 5.74) is 0.815. The molecular weight excluding hydrogens is 274 g/mol. The van der Waals surface area contributed by atoms with Crippen LogP contribution in [0.3, 0.4) is 0 Å². The molecule has 0 radical (unpaired) electrons. The lowest BCUT2D eigenvalue weighted by Crippen LogP contribution is -2.20. The molecule has 21 heavy (non-hydrogen) atoms. The average Bonchev–Trinajstić information content (AvgIpc) is 2.43. The number of carbonyl (C=O) groups excluding carboxylic acids is 1. The Labute approximate surface area is 120 Å². The molecule has 0 spiro atoms. The van der Waals surface area contributed by atoms with Gasteiger partial charge in [-0.1, -0.05) is 6.07 Å². The van der Waals surface area contributed by atoms with E-state index in [4.69, 9.17) is 0 Å². The van der Waals surface area contributed by atoms with Crippen LogP contribution < -0.4 is 10.9 Å². The molecule has 0 aliphatic heterocycles. The number of nitro groups is 1. The highest BCUT2D eigenvalue weighted by Gasteiger charge is 2.12. The number of pyridine rings is 1. The lowest BCUT2D eigenvalue weighted by Gasteiger charge is -2.08. The standard InChI is InChI=1S/C14H13N3O4/c1-9-3-4-11(17(20)21)8-12(9)15-14(19)10-5-6-16(2)13(18)7-10/h3-8H,1-2H3,(H,15,19). The van der Waals surface area contributed by atoms with Crippen molar-refractivity contribution in [2.75, 3.05) is 5.32 Å². The molecule has 1 N–H and O–H groups in total. The van der Waals surface area contributed by atoms with Gasteiger partial charge in [0.1, 0.15) is 0 Å². The van der Waals surface area contributed by atoms with E-state index in [1.54, 1.807) is 20.0 Å². The highest BCUT2D eigenvalue weighted by Crippen LogP contribution is 2.22. The summed E-state index contributed by atoms with van der Waals surface area (Å²) in [6, 6.07) is 6.92. The number of nitrogens with zero attached hydrogens (tertiary/aromatic N) is 2. The van der Waals surface area contributed by atoms with Crippen LogP contribution in [0.5, 0.6) is 0 Å². The van der Waals surface area contributed by atoms with Gasteiger partial charge < -0.3 is 9.88 Å². The van der Waals surface area contributed by atoms with E-state index in [9.17, 15) is 19.7 Å². The molecule has 7 nitrogen and oxygen atoms in total. The number of aromatic nitrogens is 1. The van der Waals surface area contributed by atoms with Crippen molar-refractivity contribution in [1.82, 2.24) is 4.57 Å². The molecule has 0 bridgehead atoms. The minimum Gasteiger partial charge on any atom is -0.321 e. The second kappa shape index (κ2) is 5.58. The summed E-state index contributed by atoms with van der Waals surface area (Å²) in [6.07, 6.45) is 1.48. The van der Waals surface area contributed by atoms with Crippen LogP contribution in [0.4, 0.5) is 11.4 Å². The molecule has 2 rings (SSSR count). The van der Waals surface area contributed by atoms with Crippen molar-refractivity contribution in [2.24, 2.45) is 7.05 Å². The van der Waals surface area contributed by atoms with Gasteiger partial charge in [-0.05, 0) is 18.6 Å². The predicted molar refractivity (Wildman–Crippen MR) is 77.5 cm³/mol. The molecule has 0 saturated carbocycles. The quantitative estimate of drug-likeness (QED) is 0.688. The van der Waals surface area contributed by atoms with Crippen LogP contribution in [0.15, 0.2) is 41.3 Å². The summed E-state index contributed by atoms with van der Waals surface area (Å²) >= 11 is 0. The van der Waals surface area contributed by atoms with E-state index in [1.807, 2.05) is 0 Å². The molecule has 1 aromatic heterocycles. The van der Waals surface area contributed by atoms with Crippen LogP contribution in [0.25, 0.3) is 0 Å². The van der Waals surface area contributed by atoms with Crippen LogP contribution in [-0.4, -0.2) is 15.4 Å². The molecule has 1 aromatic carbocycles. The number of hydrogen-bond acceptors (Lipinski definition) is 4. The molecule has 0 fully saturated rings. The first-order valence-corrected chi connectivity index (χ1v) is 6.11. The maximum Gasteiger partial charge on any atom is 0.271 e. The Morgan fingerprint density at radius 1 is 1.29 bits per heavy atom. The third-order valence-electron chi connectivity index (χ3n) is 3.05. The number of aryl methyl sites for hydroxylation is 2. The van der Waals surface area contributed by atoms with E-state index in [-0.39, 0.29) is 16.8 Å². The normalized spacial score (nSPS) is 10.2. The Kier molecular flexibility index (Phi) is 3.84. The number of non-ortho nitro benzene ring substituents is 1. The minimum absolute atomic E-state index is 0.111. The zero-order valence-corrected chi connectivity index (χ0v) is 11.5. The number of nitrogens with one attached hydrogen (secondary N) is 1. The fourth-order valence-corrected chi connectivity index (χ4v) is 1.74. The van der Waals surface area contributed by atoms with Crippen molar-refractivity contribution in [2.45, 2.75) is 6.92 Å². The number of hydrogen-bond donors (Lipinski definition) is 1. The van der Waals surface area contributed by atoms with Crippen LogP contribution >= 0.6 is 0 Å². The molecule has 0 aliphatic rings. The van der Waals surface area contributed by atoms with Crippen LogP contribution in [-0.2, 0) is 7.05 Å². The first-order valence-electron chi connectivity index (χ1n) is 6.11. The Morgan fingerprint density at radius 2 is 2.00 bits per heavy atom. The number of anilines is 1. The van der Waals surface area contributed by atoms with Gasteiger partial charge in [-0.2, -0.15) is 0 Å². The zero-order chi connectivity index (χ0) is 15.6. The summed E-state index contributed by atoms with van der Waals surface area (Å²) < 4.78 is 1.34. The third kappa shape index (κ3) is 3.14. The van der Waals surface area contributed by atoms with E-state index in [0.29, 0.717) is 11.3 Å². The SMILES string of the molecule is Cc1ccc([N+](=O)[O-])cc1NC(=O)c1ccn(C)c(=O)c1. The smallest absolute Gasteiger partial charge is 0.271 e. The van der Waals surface area contributed by atoms with Gasteiger partial charge in [-0.15, -0.1) is 0 Å². The van der Waals surface area contributed by atoms with E-state index < -0.39 is 10.8 Å². The van der Waals surface area contributed by atoms with Gasteiger partial charge in [-0.3, -0.25) is 19.7 Å². The van der Waals surface area contributed by atoms with Crippen molar-refractivity contribution < 1.29 is 9.72 Å². The number of carbonyl (C=O) groups is 1. The Bertz CT molecular complexity index is 780. The Balaban J connectivity index is 2.30. The van der Waals surface area contributed by atoms with Gasteiger partial charge in [0.2, 0.25) is 0 Å². The number of amides is 1. The first-order chi connectivity index (χ1) is 9.88. The molecular formula is C14H13N3O4. The van der Waals surface area contributed by atoms with Crippen LogP contribution in [0.2, 0.25) is 0 Å². The fourth-order valence-electron chi connectivity index (χ4n) is 1.74. The second-order valence-corrected chi connectivity index (χ2v) is 4.58. The maximum atomic E-state index is 12.1. The lowest BCUT2D eigenvalue weighted by atomic mass is 10.1. The zero-order valence-electron chi connectivity index (χ0n) is 11.5. The van der Waals surface area contributed by atoms with Crippen molar-refractivity contribution in [1.29, 1.82) is 0 Å². The van der Waals surface area contributed by atoms with Crippen molar-refractivity contribution in [3.8, 4) is 0 Å². The largest absolute Gasteiger partial charge is 0.321 e. The van der Waals surface area contributed by atoms with Crippen LogP contribution in [0.1, 0.15) is 15.9 Å². The monoisotopic (exact) mass is 287 g/mol. The summed E-state index contributed by atoms with van der Waals surface area (Å²) in [5, 5.41) is 13.3. The number of benzene rings is 1. The molecule has 0 aliphatic carbocycles. The maximum absolute atomic E-state index is 12.1. The third-order valence-corrected chi connectivity index (χ3v) is 3.05. The van der Waals surface area contributed by atoms with Gasteiger partial charge in [0.25, 0.3) is 17.2 Å². The highest BCUT2D eigenvalue weighted by molar-refractivity contribution is 6.04. The number of nitro benzene ring substituents is 1. The van der Waals surface area contributed by atoms with Gasteiger partial charge in [0.05, 0.1) is 10.6 Å².